The van der Waals surface area contributed by atoms with Gasteiger partial charge >= 0.3 is 0 Å². The number of carbonyl (C=O) groups excluding carboxylic acids is 3. The van der Waals surface area contributed by atoms with Gasteiger partial charge in [0, 0.05) is 31.6 Å². The van der Waals surface area contributed by atoms with Crippen LogP contribution in [0.25, 0.3) is 0 Å². The Hall–Kier alpha value is -2.51. The van der Waals surface area contributed by atoms with Gasteiger partial charge in [0.1, 0.15) is 6.04 Å². The number of fused-ring (bicyclic) bond motifs is 1. The van der Waals surface area contributed by atoms with Crippen LogP contribution in [0.2, 0.25) is 0 Å². The monoisotopic (exact) mass is 356 g/mol. The average Bonchev–Trinajstić information content (AvgIpc) is 2.96. The summed E-state index contributed by atoms with van der Waals surface area (Å²) in [6.45, 7) is 6.06. The van der Waals surface area contributed by atoms with Gasteiger partial charge in [-0.1, -0.05) is 30.4 Å². The summed E-state index contributed by atoms with van der Waals surface area (Å²) in [6, 6.07) is 5.19. The predicted molar refractivity (Wildman–Crippen MR) is 97.0 cm³/mol. The highest BCUT2D eigenvalue weighted by Gasteiger charge is 2.39. The molecule has 1 atom stereocenters. The third-order valence-corrected chi connectivity index (χ3v) is 4.90. The summed E-state index contributed by atoms with van der Waals surface area (Å²) < 4.78 is 0. The molecule has 2 heterocycles. The van der Waals surface area contributed by atoms with Crippen molar-refractivity contribution in [2.45, 2.75) is 38.4 Å². The molecule has 3 amide bonds. The molecule has 1 aromatic carbocycles. The molecule has 0 saturated carbocycles. The molecule has 0 spiro atoms. The van der Waals surface area contributed by atoms with E-state index >= 15 is 0 Å². The van der Waals surface area contributed by atoms with Crippen LogP contribution in [0.1, 0.15) is 40.7 Å². The van der Waals surface area contributed by atoms with Crippen LogP contribution >= 0.6 is 0 Å². The minimum atomic E-state index is -0.582. The zero-order valence-electron chi connectivity index (χ0n) is 14.7. The zero-order chi connectivity index (χ0) is 18.7. The molecule has 2 aliphatic heterocycles. The standard InChI is InChI=1S/C19H24N4O3/c1-12(9-20)7-8-21-10-13-3-2-4-14-11-23(19(26)17(13)14)15-5-6-16(24)22-18(15)25/h2-4,15,21H,1,5-11,20H2,(H,22,24,25). The zero-order valence-corrected chi connectivity index (χ0v) is 14.7. The van der Waals surface area contributed by atoms with Gasteiger partial charge in [0.05, 0.1) is 0 Å². The van der Waals surface area contributed by atoms with Gasteiger partial charge in [-0.05, 0) is 30.5 Å². The van der Waals surface area contributed by atoms with Gasteiger partial charge in [-0.3, -0.25) is 19.7 Å². The van der Waals surface area contributed by atoms with Crippen LogP contribution in [-0.4, -0.2) is 41.8 Å². The summed E-state index contributed by atoms with van der Waals surface area (Å²) in [5, 5.41) is 5.64. The van der Waals surface area contributed by atoms with E-state index in [-0.39, 0.29) is 24.1 Å². The molecule has 3 rings (SSSR count). The SMILES string of the molecule is C=C(CN)CCNCc1cccc2c1C(=O)N(C1CCC(=O)NC1=O)C2. The molecule has 1 unspecified atom stereocenters. The van der Waals surface area contributed by atoms with Crippen molar-refractivity contribution in [1.82, 2.24) is 15.5 Å². The number of nitrogens with two attached hydrogens (primary N) is 1. The second-order valence-corrected chi connectivity index (χ2v) is 6.73. The number of benzene rings is 1. The van der Waals surface area contributed by atoms with E-state index in [1.807, 2.05) is 18.2 Å². The number of hydrogen-bond acceptors (Lipinski definition) is 5. The number of nitrogens with zero attached hydrogens (tertiary/aromatic N) is 1. The first-order valence-corrected chi connectivity index (χ1v) is 8.84. The molecule has 138 valence electrons. The van der Waals surface area contributed by atoms with Crippen molar-refractivity contribution in [3.8, 4) is 0 Å². The number of amides is 3. The van der Waals surface area contributed by atoms with Gasteiger partial charge in [-0.2, -0.15) is 0 Å². The summed E-state index contributed by atoms with van der Waals surface area (Å²) in [4.78, 5) is 38.0. The van der Waals surface area contributed by atoms with E-state index in [9.17, 15) is 14.4 Å². The normalized spacial score (nSPS) is 19.5. The molecule has 0 bridgehead atoms. The highest BCUT2D eigenvalue weighted by Crippen LogP contribution is 2.29. The van der Waals surface area contributed by atoms with Crippen molar-refractivity contribution >= 4 is 17.7 Å². The fourth-order valence-electron chi connectivity index (χ4n) is 3.43. The van der Waals surface area contributed by atoms with Crippen molar-refractivity contribution in [2.24, 2.45) is 5.73 Å². The van der Waals surface area contributed by atoms with Crippen molar-refractivity contribution in [1.29, 1.82) is 0 Å². The van der Waals surface area contributed by atoms with Gasteiger partial charge in [0.15, 0.2) is 0 Å². The molecule has 7 nitrogen and oxygen atoms in total. The van der Waals surface area contributed by atoms with Crippen LogP contribution < -0.4 is 16.4 Å². The summed E-state index contributed by atoms with van der Waals surface area (Å²) in [5.41, 5.74) is 9.02. The molecule has 2 aliphatic rings. The Morgan fingerprint density at radius 1 is 1.35 bits per heavy atom. The molecule has 0 aromatic heterocycles. The molecule has 1 saturated heterocycles. The number of piperidine rings is 1. The molecule has 4 N–H and O–H groups in total. The fourth-order valence-corrected chi connectivity index (χ4v) is 3.43. The minimum absolute atomic E-state index is 0.140. The molecular formula is C19H24N4O3. The molecule has 26 heavy (non-hydrogen) atoms. The maximum absolute atomic E-state index is 12.9. The highest BCUT2D eigenvalue weighted by atomic mass is 16.2. The smallest absolute Gasteiger partial charge is 0.255 e. The van der Waals surface area contributed by atoms with Crippen molar-refractivity contribution in [3.63, 3.8) is 0 Å². The molecule has 1 aromatic rings. The minimum Gasteiger partial charge on any atom is -0.327 e. The second kappa shape index (κ2) is 7.80. The summed E-state index contributed by atoms with van der Waals surface area (Å²) in [6.07, 6.45) is 1.43. The van der Waals surface area contributed by atoms with Gasteiger partial charge in [0.2, 0.25) is 11.8 Å². The van der Waals surface area contributed by atoms with Crippen LogP contribution in [0, 0.1) is 0 Å². The first-order chi connectivity index (χ1) is 12.5. The number of imide groups is 1. The van der Waals surface area contributed by atoms with E-state index < -0.39 is 6.04 Å². The lowest BCUT2D eigenvalue weighted by Gasteiger charge is -2.29. The fraction of sp³-hybridized carbons (Fsp3) is 0.421. The highest BCUT2D eigenvalue weighted by molar-refractivity contribution is 6.05. The summed E-state index contributed by atoms with van der Waals surface area (Å²) in [7, 11) is 0. The molecule has 1 fully saturated rings. The number of hydrogen-bond donors (Lipinski definition) is 3. The van der Waals surface area contributed by atoms with Gasteiger partial charge < -0.3 is 16.0 Å². The van der Waals surface area contributed by atoms with Gasteiger partial charge in [-0.25, -0.2) is 0 Å². The molecule has 0 aliphatic carbocycles. The Kier molecular flexibility index (Phi) is 5.49. The quantitative estimate of drug-likeness (QED) is 0.374. The maximum atomic E-state index is 12.9. The van der Waals surface area contributed by atoms with Crippen molar-refractivity contribution < 1.29 is 14.4 Å². The Morgan fingerprint density at radius 2 is 2.15 bits per heavy atom. The molecular weight excluding hydrogens is 332 g/mol. The second-order valence-electron chi connectivity index (χ2n) is 6.73. The van der Waals surface area contributed by atoms with Gasteiger partial charge in [0.25, 0.3) is 5.91 Å². The van der Waals surface area contributed by atoms with E-state index in [1.54, 1.807) is 4.90 Å². The Balaban J connectivity index is 1.69. The predicted octanol–water partition coefficient (Wildman–Crippen LogP) is 0.442. The number of nitrogens with one attached hydrogen (secondary N) is 2. The summed E-state index contributed by atoms with van der Waals surface area (Å²) >= 11 is 0. The Labute approximate surface area is 152 Å². The summed E-state index contributed by atoms with van der Waals surface area (Å²) in [5.74, 6) is -0.806. The van der Waals surface area contributed by atoms with Crippen LogP contribution in [-0.2, 0) is 22.7 Å². The molecule has 7 heteroatoms. The van der Waals surface area contributed by atoms with E-state index in [1.165, 1.54) is 0 Å². The van der Waals surface area contributed by atoms with E-state index in [0.717, 1.165) is 29.7 Å². The van der Waals surface area contributed by atoms with Crippen LogP contribution in [0.15, 0.2) is 30.4 Å². The van der Waals surface area contributed by atoms with Crippen LogP contribution in [0.4, 0.5) is 0 Å². The maximum Gasteiger partial charge on any atom is 0.255 e. The Bertz CT molecular complexity index is 759. The number of carbonyl (C=O) groups is 3. The first-order valence-electron chi connectivity index (χ1n) is 8.84. The number of rotatable bonds is 7. The average molecular weight is 356 g/mol. The third kappa shape index (κ3) is 3.68. The van der Waals surface area contributed by atoms with Crippen LogP contribution in [0.3, 0.4) is 0 Å². The van der Waals surface area contributed by atoms with Crippen molar-refractivity contribution in [3.05, 3.63) is 47.0 Å². The lowest BCUT2D eigenvalue weighted by atomic mass is 10.0. The van der Waals surface area contributed by atoms with E-state index in [0.29, 0.717) is 31.6 Å². The first kappa shape index (κ1) is 18.3. The molecule has 0 radical (unpaired) electrons. The van der Waals surface area contributed by atoms with Crippen LogP contribution in [0.5, 0.6) is 0 Å². The largest absolute Gasteiger partial charge is 0.327 e. The van der Waals surface area contributed by atoms with E-state index in [4.69, 9.17) is 5.73 Å². The van der Waals surface area contributed by atoms with E-state index in [2.05, 4.69) is 17.2 Å². The Morgan fingerprint density at radius 3 is 2.88 bits per heavy atom. The topological polar surface area (TPSA) is 105 Å². The lowest BCUT2D eigenvalue weighted by Crippen LogP contribution is -2.52. The van der Waals surface area contributed by atoms with Gasteiger partial charge in [-0.15, -0.1) is 0 Å². The third-order valence-electron chi connectivity index (χ3n) is 4.90. The lowest BCUT2D eigenvalue weighted by molar-refractivity contribution is -0.136. The van der Waals surface area contributed by atoms with Crippen molar-refractivity contribution in [2.75, 3.05) is 13.1 Å².